The molecule has 1 atom stereocenters. The Bertz CT molecular complexity index is 426. The maximum absolute atomic E-state index is 12.1. The highest BCUT2D eigenvalue weighted by Gasteiger charge is 2.45. The summed E-state index contributed by atoms with van der Waals surface area (Å²) >= 11 is 4.43. The first-order valence-corrected chi connectivity index (χ1v) is 7.55. The Balaban J connectivity index is 1.80. The molecule has 1 aromatic rings. The number of hydrogen-bond acceptors (Lipinski definition) is 2. The first kappa shape index (κ1) is 14.4. The normalized spacial score (nSPS) is 18.1. The lowest BCUT2D eigenvalue weighted by Crippen LogP contribution is -2.38. The van der Waals surface area contributed by atoms with E-state index in [9.17, 15) is 4.79 Å². The quantitative estimate of drug-likeness (QED) is 0.769. The summed E-state index contributed by atoms with van der Waals surface area (Å²) in [7, 11) is 0. The van der Waals surface area contributed by atoms with Crippen molar-refractivity contribution in [2.75, 3.05) is 6.54 Å². The van der Waals surface area contributed by atoms with E-state index in [2.05, 4.69) is 31.8 Å². The molecule has 0 saturated heterocycles. The molecule has 1 aliphatic carbocycles. The van der Waals surface area contributed by atoms with E-state index in [0.717, 1.165) is 12.1 Å². The standard InChI is InChI=1S/C16H23NOS/c1-12(2)16(8-9-16)11-17-15(18)14(19)10-13-6-4-3-5-7-13/h3-7,12,14,19H,8-11H2,1-2H3,(H,17,18). The van der Waals surface area contributed by atoms with Crippen LogP contribution in [0.5, 0.6) is 0 Å². The second kappa shape index (κ2) is 6.00. The van der Waals surface area contributed by atoms with Gasteiger partial charge < -0.3 is 5.32 Å². The number of hydrogen-bond donors (Lipinski definition) is 2. The Morgan fingerprint density at radius 3 is 2.47 bits per heavy atom. The van der Waals surface area contributed by atoms with Gasteiger partial charge in [-0.25, -0.2) is 0 Å². The fraction of sp³-hybridized carbons (Fsp3) is 0.562. The Kier molecular flexibility index (Phi) is 4.56. The minimum absolute atomic E-state index is 0.0547. The largest absolute Gasteiger partial charge is 0.355 e. The molecular weight excluding hydrogens is 254 g/mol. The number of amides is 1. The Labute approximate surface area is 121 Å². The summed E-state index contributed by atoms with van der Waals surface area (Å²) in [5.41, 5.74) is 1.51. The molecule has 0 aromatic heterocycles. The summed E-state index contributed by atoms with van der Waals surface area (Å²) in [4.78, 5) is 12.1. The van der Waals surface area contributed by atoms with Crippen LogP contribution < -0.4 is 5.32 Å². The van der Waals surface area contributed by atoms with Crippen LogP contribution in [0.4, 0.5) is 0 Å². The molecule has 1 aromatic carbocycles. The average Bonchev–Trinajstić information content (AvgIpc) is 3.18. The first-order valence-electron chi connectivity index (χ1n) is 7.03. The number of rotatable bonds is 6. The Morgan fingerprint density at radius 2 is 1.95 bits per heavy atom. The second-order valence-electron chi connectivity index (χ2n) is 5.94. The second-order valence-corrected chi connectivity index (χ2v) is 6.56. The van der Waals surface area contributed by atoms with Crippen molar-refractivity contribution in [2.45, 2.75) is 38.4 Å². The van der Waals surface area contributed by atoms with Crippen LogP contribution in [-0.2, 0) is 11.2 Å². The highest BCUT2D eigenvalue weighted by Crippen LogP contribution is 2.51. The topological polar surface area (TPSA) is 29.1 Å². The summed E-state index contributed by atoms with van der Waals surface area (Å²) in [5, 5.41) is 2.81. The molecule has 0 radical (unpaired) electrons. The van der Waals surface area contributed by atoms with Crippen LogP contribution in [-0.4, -0.2) is 17.7 Å². The van der Waals surface area contributed by atoms with E-state index in [1.807, 2.05) is 30.3 Å². The molecule has 19 heavy (non-hydrogen) atoms. The number of thiol groups is 1. The number of carbonyl (C=O) groups excluding carboxylic acids is 1. The molecule has 1 saturated carbocycles. The maximum Gasteiger partial charge on any atom is 0.233 e. The van der Waals surface area contributed by atoms with Crippen molar-refractivity contribution in [2.24, 2.45) is 11.3 Å². The van der Waals surface area contributed by atoms with Gasteiger partial charge in [0.1, 0.15) is 0 Å². The minimum atomic E-state index is -0.259. The lowest BCUT2D eigenvalue weighted by atomic mass is 9.92. The Morgan fingerprint density at radius 1 is 1.32 bits per heavy atom. The fourth-order valence-electron chi connectivity index (χ4n) is 2.43. The zero-order valence-electron chi connectivity index (χ0n) is 11.7. The van der Waals surface area contributed by atoms with Crippen molar-refractivity contribution >= 4 is 18.5 Å². The van der Waals surface area contributed by atoms with Crippen LogP contribution in [0, 0.1) is 11.3 Å². The molecule has 1 aliphatic rings. The summed E-state index contributed by atoms with van der Waals surface area (Å²) in [6, 6.07) is 10.0. The highest BCUT2D eigenvalue weighted by atomic mass is 32.1. The van der Waals surface area contributed by atoms with Gasteiger partial charge >= 0.3 is 0 Å². The lowest BCUT2D eigenvalue weighted by molar-refractivity contribution is -0.120. The average molecular weight is 277 g/mol. The van der Waals surface area contributed by atoms with Gasteiger partial charge in [0.2, 0.25) is 5.91 Å². The first-order chi connectivity index (χ1) is 9.03. The van der Waals surface area contributed by atoms with Gasteiger partial charge in [0.15, 0.2) is 0 Å². The van der Waals surface area contributed by atoms with Crippen molar-refractivity contribution < 1.29 is 4.79 Å². The van der Waals surface area contributed by atoms with Gasteiger partial charge in [0.05, 0.1) is 5.25 Å². The molecule has 1 fully saturated rings. The van der Waals surface area contributed by atoms with Crippen LogP contribution in [0.2, 0.25) is 0 Å². The van der Waals surface area contributed by atoms with E-state index >= 15 is 0 Å². The van der Waals surface area contributed by atoms with Crippen LogP contribution in [0.25, 0.3) is 0 Å². The van der Waals surface area contributed by atoms with E-state index in [0.29, 0.717) is 17.8 Å². The molecule has 2 nitrogen and oxygen atoms in total. The molecule has 1 amide bonds. The van der Waals surface area contributed by atoms with Gasteiger partial charge in [-0.2, -0.15) is 12.6 Å². The summed E-state index contributed by atoms with van der Waals surface area (Å²) in [5.74, 6) is 0.694. The predicted octanol–water partition coefficient (Wildman–Crippen LogP) is 3.08. The van der Waals surface area contributed by atoms with Crippen LogP contribution >= 0.6 is 12.6 Å². The van der Waals surface area contributed by atoms with E-state index in [1.165, 1.54) is 12.8 Å². The molecule has 1 unspecified atom stereocenters. The highest BCUT2D eigenvalue weighted by molar-refractivity contribution is 7.81. The zero-order valence-corrected chi connectivity index (χ0v) is 12.6. The van der Waals surface area contributed by atoms with Gasteiger partial charge in [0.25, 0.3) is 0 Å². The minimum Gasteiger partial charge on any atom is -0.355 e. The van der Waals surface area contributed by atoms with Crippen molar-refractivity contribution in [1.82, 2.24) is 5.32 Å². The summed E-state index contributed by atoms with van der Waals surface area (Å²) in [6.07, 6.45) is 3.16. The van der Waals surface area contributed by atoms with Gasteiger partial charge in [-0.1, -0.05) is 44.2 Å². The summed E-state index contributed by atoms with van der Waals surface area (Å²) in [6.45, 7) is 5.28. The van der Waals surface area contributed by atoms with Crippen LogP contribution in [0.1, 0.15) is 32.3 Å². The molecule has 0 heterocycles. The van der Waals surface area contributed by atoms with Crippen molar-refractivity contribution in [3.63, 3.8) is 0 Å². The van der Waals surface area contributed by atoms with Crippen molar-refractivity contribution in [3.8, 4) is 0 Å². The van der Waals surface area contributed by atoms with Crippen LogP contribution in [0.3, 0.4) is 0 Å². The van der Waals surface area contributed by atoms with Crippen molar-refractivity contribution in [1.29, 1.82) is 0 Å². The molecular formula is C16H23NOS. The van der Waals surface area contributed by atoms with Gasteiger partial charge in [-0.05, 0) is 36.2 Å². The number of nitrogens with one attached hydrogen (secondary N) is 1. The van der Waals surface area contributed by atoms with E-state index < -0.39 is 0 Å². The third kappa shape index (κ3) is 3.75. The molecule has 0 spiro atoms. The lowest BCUT2D eigenvalue weighted by Gasteiger charge is -2.21. The SMILES string of the molecule is CC(C)C1(CNC(=O)C(S)Cc2ccccc2)CC1. The van der Waals surface area contributed by atoms with E-state index in [1.54, 1.807) is 0 Å². The molecule has 0 bridgehead atoms. The molecule has 0 aliphatic heterocycles. The number of benzene rings is 1. The zero-order chi connectivity index (χ0) is 13.9. The van der Waals surface area contributed by atoms with Gasteiger partial charge in [0, 0.05) is 6.54 Å². The number of carbonyl (C=O) groups is 1. The predicted molar refractivity (Wildman–Crippen MR) is 82.4 cm³/mol. The third-order valence-electron chi connectivity index (χ3n) is 4.31. The maximum atomic E-state index is 12.1. The van der Waals surface area contributed by atoms with Crippen LogP contribution in [0.15, 0.2) is 30.3 Å². The fourth-order valence-corrected chi connectivity index (χ4v) is 2.73. The monoisotopic (exact) mass is 277 g/mol. The molecule has 3 heteroatoms. The van der Waals surface area contributed by atoms with Gasteiger partial charge in [-0.3, -0.25) is 4.79 Å². The smallest absolute Gasteiger partial charge is 0.233 e. The molecule has 104 valence electrons. The molecule has 2 rings (SSSR count). The summed E-state index contributed by atoms with van der Waals surface area (Å²) < 4.78 is 0. The van der Waals surface area contributed by atoms with Gasteiger partial charge in [-0.15, -0.1) is 0 Å². The van der Waals surface area contributed by atoms with E-state index in [-0.39, 0.29) is 11.2 Å². The molecule has 1 N–H and O–H groups in total. The van der Waals surface area contributed by atoms with Crippen molar-refractivity contribution in [3.05, 3.63) is 35.9 Å². The third-order valence-corrected chi connectivity index (χ3v) is 4.72. The van der Waals surface area contributed by atoms with E-state index in [4.69, 9.17) is 0 Å². The Hall–Kier alpha value is -0.960.